The van der Waals surface area contributed by atoms with Crippen molar-refractivity contribution in [2.75, 3.05) is 52.6 Å². The molecule has 3 heterocycles. The predicted molar refractivity (Wildman–Crippen MR) is 119 cm³/mol. The zero-order chi connectivity index (χ0) is 20.8. The van der Waals surface area contributed by atoms with E-state index in [9.17, 15) is 0 Å². The minimum Gasteiger partial charge on any atom is -0.381 e. The Labute approximate surface area is 184 Å². The highest BCUT2D eigenvalue weighted by Gasteiger charge is 2.36. The SMILES string of the molecule is CCNC(=NCC1(c2cccc(Cl)c2)CCOCC1)N1CCOC(C2CCCO2)C1. The summed E-state index contributed by atoms with van der Waals surface area (Å²) in [4.78, 5) is 7.47. The van der Waals surface area contributed by atoms with E-state index in [0.29, 0.717) is 6.61 Å². The first kappa shape index (κ1) is 21.9. The van der Waals surface area contributed by atoms with E-state index in [1.807, 2.05) is 12.1 Å². The van der Waals surface area contributed by atoms with Crippen LogP contribution in [0.25, 0.3) is 0 Å². The van der Waals surface area contributed by atoms with Gasteiger partial charge in [-0.25, -0.2) is 0 Å². The van der Waals surface area contributed by atoms with E-state index in [4.69, 9.17) is 30.8 Å². The lowest BCUT2D eigenvalue weighted by molar-refractivity contribution is -0.0817. The van der Waals surface area contributed by atoms with Crippen LogP contribution in [0.4, 0.5) is 0 Å². The van der Waals surface area contributed by atoms with Gasteiger partial charge in [-0.05, 0) is 50.3 Å². The van der Waals surface area contributed by atoms with Crippen LogP contribution in [0.2, 0.25) is 5.02 Å². The third-order valence-corrected chi connectivity index (χ3v) is 6.76. The summed E-state index contributed by atoms with van der Waals surface area (Å²) in [5, 5.41) is 4.28. The lowest BCUT2D eigenvalue weighted by Crippen LogP contribution is -2.53. The highest BCUT2D eigenvalue weighted by Crippen LogP contribution is 2.36. The number of rotatable bonds is 5. The Kier molecular flexibility index (Phi) is 7.52. The molecule has 0 spiro atoms. The van der Waals surface area contributed by atoms with Crippen LogP contribution in [0.3, 0.4) is 0 Å². The maximum atomic E-state index is 6.33. The molecule has 30 heavy (non-hydrogen) atoms. The monoisotopic (exact) mass is 435 g/mol. The first-order chi connectivity index (χ1) is 14.7. The fraction of sp³-hybridized carbons (Fsp3) is 0.696. The maximum absolute atomic E-state index is 6.33. The predicted octanol–water partition coefficient (Wildman–Crippen LogP) is 3.23. The molecular weight excluding hydrogens is 402 g/mol. The third kappa shape index (κ3) is 5.10. The molecule has 4 rings (SSSR count). The van der Waals surface area contributed by atoms with Crippen LogP contribution in [-0.4, -0.2) is 75.7 Å². The molecule has 3 saturated heterocycles. The molecule has 3 fully saturated rings. The second-order valence-corrected chi connectivity index (χ2v) is 8.92. The van der Waals surface area contributed by atoms with Crippen LogP contribution in [0.1, 0.15) is 38.2 Å². The molecule has 3 aliphatic rings. The molecule has 0 aliphatic carbocycles. The molecule has 0 aromatic heterocycles. The molecule has 0 bridgehead atoms. The molecule has 3 aliphatic heterocycles. The number of halogens is 1. The summed E-state index contributed by atoms with van der Waals surface area (Å²) in [7, 11) is 0. The number of morpholine rings is 1. The topological polar surface area (TPSA) is 55.3 Å². The Bertz CT molecular complexity index is 717. The number of nitrogens with zero attached hydrogens (tertiary/aromatic N) is 2. The molecular formula is C23H34ClN3O3. The fourth-order valence-electron chi connectivity index (χ4n) is 4.76. The molecule has 2 unspecified atom stereocenters. The third-order valence-electron chi connectivity index (χ3n) is 6.53. The summed E-state index contributed by atoms with van der Waals surface area (Å²) in [6.07, 6.45) is 4.46. The quantitative estimate of drug-likeness (QED) is 0.568. The van der Waals surface area contributed by atoms with Crippen molar-refractivity contribution in [3.05, 3.63) is 34.9 Å². The molecule has 6 nitrogen and oxygen atoms in total. The van der Waals surface area contributed by atoms with Crippen LogP contribution >= 0.6 is 11.6 Å². The molecule has 0 radical (unpaired) electrons. The lowest BCUT2D eigenvalue weighted by Gasteiger charge is -2.39. The zero-order valence-corrected chi connectivity index (χ0v) is 18.7. The highest BCUT2D eigenvalue weighted by atomic mass is 35.5. The standard InChI is InChI=1S/C23H34ClN3O3/c1-2-25-22(27-10-14-30-21(16-27)20-7-4-11-29-20)26-17-23(8-12-28-13-9-23)18-5-3-6-19(24)15-18/h3,5-6,15,20-21H,2,4,7-14,16-17H2,1H3,(H,25,26). The fourth-order valence-corrected chi connectivity index (χ4v) is 4.95. The Hall–Kier alpha value is -1.34. The van der Waals surface area contributed by atoms with Gasteiger partial charge in [0.05, 0.1) is 19.3 Å². The van der Waals surface area contributed by atoms with Crippen molar-refractivity contribution >= 4 is 17.6 Å². The molecule has 0 amide bonds. The van der Waals surface area contributed by atoms with Gasteiger partial charge >= 0.3 is 0 Å². The number of hydrogen-bond acceptors (Lipinski definition) is 4. The molecule has 166 valence electrons. The second-order valence-electron chi connectivity index (χ2n) is 8.48. The molecule has 1 aromatic carbocycles. The van der Waals surface area contributed by atoms with E-state index >= 15 is 0 Å². The first-order valence-electron chi connectivity index (χ1n) is 11.3. The number of hydrogen-bond donors (Lipinski definition) is 1. The molecule has 2 atom stereocenters. The lowest BCUT2D eigenvalue weighted by atomic mass is 9.74. The average molecular weight is 436 g/mol. The Morgan fingerprint density at radius 1 is 1.20 bits per heavy atom. The number of guanidine groups is 1. The van der Waals surface area contributed by atoms with Gasteiger partial charge in [0.15, 0.2) is 5.96 Å². The van der Waals surface area contributed by atoms with E-state index in [1.54, 1.807) is 0 Å². The van der Waals surface area contributed by atoms with E-state index in [0.717, 1.165) is 82.7 Å². The van der Waals surface area contributed by atoms with Crippen molar-refractivity contribution < 1.29 is 14.2 Å². The second kappa shape index (κ2) is 10.3. The summed E-state index contributed by atoms with van der Waals surface area (Å²) in [6, 6.07) is 8.25. The molecule has 1 aromatic rings. The van der Waals surface area contributed by atoms with Crippen molar-refractivity contribution in [2.45, 2.75) is 50.2 Å². The molecule has 0 saturated carbocycles. The summed E-state index contributed by atoms with van der Waals surface area (Å²) in [5.74, 6) is 0.969. The number of benzene rings is 1. The van der Waals surface area contributed by atoms with Crippen LogP contribution in [-0.2, 0) is 19.6 Å². The van der Waals surface area contributed by atoms with Crippen LogP contribution < -0.4 is 5.32 Å². The molecule has 7 heteroatoms. The minimum absolute atomic E-state index is 0.0376. The normalized spacial score (nSPS) is 27.3. The van der Waals surface area contributed by atoms with Crippen LogP contribution in [0.15, 0.2) is 29.3 Å². The van der Waals surface area contributed by atoms with Crippen molar-refractivity contribution in [1.82, 2.24) is 10.2 Å². The van der Waals surface area contributed by atoms with Gasteiger partial charge < -0.3 is 24.4 Å². The molecule has 1 N–H and O–H groups in total. The number of nitrogens with one attached hydrogen (secondary N) is 1. The van der Waals surface area contributed by atoms with Gasteiger partial charge in [-0.3, -0.25) is 4.99 Å². The Morgan fingerprint density at radius 2 is 2.03 bits per heavy atom. The highest BCUT2D eigenvalue weighted by molar-refractivity contribution is 6.30. The van der Waals surface area contributed by atoms with Gasteiger partial charge in [0.2, 0.25) is 0 Å². The van der Waals surface area contributed by atoms with Crippen molar-refractivity contribution in [3.63, 3.8) is 0 Å². The summed E-state index contributed by atoms with van der Waals surface area (Å²) < 4.78 is 17.6. The van der Waals surface area contributed by atoms with Gasteiger partial charge in [0.1, 0.15) is 6.10 Å². The van der Waals surface area contributed by atoms with Gasteiger partial charge in [-0.2, -0.15) is 0 Å². The minimum atomic E-state index is -0.0376. The average Bonchev–Trinajstić information content (AvgIpc) is 3.32. The summed E-state index contributed by atoms with van der Waals surface area (Å²) in [5.41, 5.74) is 1.22. The number of ether oxygens (including phenoxy) is 3. The van der Waals surface area contributed by atoms with Gasteiger partial charge in [0.25, 0.3) is 0 Å². The number of aliphatic imine (C=N–C) groups is 1. The Balaban J connectivity index is 1.52. The van der Waals surface area contributed by atoms with Crippen LogP contribution in [0, 0.1) is 0 Å². The van der Waals surface area contributed by atoms with E-state index < -0.39 is 0 Å². The maximum Gasteiger partial charge on any atom is 0.194 e. The van der Waals surface area contributed by atoms with Gasteiger partial charge in [0, 0.05) is 49.9 Å². The zero-order valence-electron chi connectivity index (χ0n) is 17.9. The summed E-state index contributed by atoms with van der Waals surface area (Å²) in [6.45, 7) is 8.44. The first-order valence-corrected chi connectivity index (χ1v) is 11.7. The smallest absolute Gasteiger partial charge is 0.194 e. The van der Waals surface area contributed by atoms with E-state index in [-0.39, 0.29) is 17.6 Å². The van der Waals surface area contributed by atoms with Crippen LogP contribution in [0.5, 0.6) is 0 Å². The largest absolute Gasteiger partial charge is 0.381 e. The van der Waals surface area contributed by atoms with Gasteiger partial charge in [-0.1, -0.05) is 23.7 Å². The Morgan fingerprint density at radius 3 is 2.77 bits per heavy atom. The van der Waals surface area contributed by atoms with Gasteiger partial charge in [-0.15, -0.1) is 0 Å². The van der Waals surface area contributed by atoms with Crippen molar-refractivity contribution in [3.8, 4) is 0 Å². The van der Waals surface area contributed by atoms with Crippen molar-refractivity contribution in [1.29, 1.82) is 0 Å². The van der Waals surface area contributed by atoms with Crippen molar-refractivity contribution in [2.24, 2.45) is 4.99 Å². The summed E-state index contributed by atoms with van der Waals surface area (Å²) >= 11 is 6.33. The van der Waals surface area contributed by atoms with E-state index in [1.165, 1.54) is 5.56 Å². The van der Waals surface area contributed by atoms with E-state index in [2.05, 4.69) is 29.3 Å².